The molecule has 0 aliphatic carbocycles. The third-order valence-corrected chi connectivity index (χ3v) is 5.35. The van der Waals surface area contributed by atoms with Gasteiger partial charge in [-0.05, 0) is 46.2 Å². The molecule has 0 unspecified atom stereocenters. The number of nitrogens with zero attached hydrogens (tertiary/aromatic N) is 4. The maximum atomic E-state index is 4.81. The maximum absolute atomic E-state index is 4.81. The van der Waals surface area contributed by atoms with Crippen LogP contribution in [-0.4, -0.2) is 21.6 Å². The summed E-state index contributed by atoms with van der Waals surface area (Å²) < 4.78 is 0. The number of pyridine rings is 2. The normalized spacial score (nSPS) is 14.6. The molecule has 0 bridgehead atoms. The Kier molecular flexibility index (Phi) is 7.52. The summed E-state index contributed by atoms with van der Waals surface area (Å²) in [6.07, 6.45) is 3.65. The van der Waals surface area contributed by atoms with E-state index in [0.717, 1.165) is 22.8 Å². The molecule has 1 N–H and O–H groups in total. The van der Waals surface area contributed by atoms with Crippen molar-refractivity contribution in [1.82, 2.24) is 9.97 Å². The molecule has 5 nitrogen and oxygen atoms in total. The minimum absolute atomic E-state index is 0. The van der Waals surface area contributed by atoms with Crippen LogP contribution in [0.1, 0.15) is 63.8 Å². The minimum Gasteiger partial charge on any atom is -0.324 e. The van der Waals surface area contributed by atoms with Crippen molar-refractivity contribution < 1.29 is 51.4 Å². The molecule has 0 amide bonds. The number of rotatable bonds is 2. The van der Waals surface area contributed by atoms with Crippen molar-refractivity contribution in [3.63, 3.8) is 0 Å². The summed E-state index contributed by atoms with van der Waals surface area (Å²) in [6, 6.07) is 16.3. The Hall–Kier alpha value is -1.70. The molecule has 0 saturated heterocycles. The van der Waals surface area contributed by atoms with Crippen LogP contribution in [0.15, 0.2) is 70.9 Å². The first-order valence-electron chi connectivity index (χ1n) is 10.6. The summed E-state index contributed by atoms with van der Waals surface area (Å²) in [7, 11) is 0. The van der Waals surface area contributed by atoms with Gasteiger partial charge in [-0.1, -0.05) is 65.8 Å². The molecular formula is C26H29KN5+. The monoisotopic (exact) mass is 450 g/mol. The van der Waals surface area contributed by atoms with Gasteiger partial charge in [0.1, 0.15) is 11.7 Å². The molecule has 0 atom stereocenters. The van der Waals surface area contributed by atoms with E-state index in [9.17, 15) is 0 Å². The number of anilines is 1. The first kappa shape index (κ1) is 24.9. The number of hydrogen-bond acceptors (Lipinski definition) is 4. The van der Waals surface area contributed by atoms with Gasteiger partial charge in [-0.15, -0.1) is 0 Å². The van der Waals surface area contributed by atoms with E-state index in [1.54, 1.807) is 0 Å². The molecule has 4 rings (SSSR count). The SMILES string of the molecule is CC(C)(C)c1ccnc(N=C2N=C(Nc3cc(C(C)(C)C)ccn3)c3ccccc32)c1.[K+]. The van der Waals surface area contributed by atoms with Crippen LogP contribution in [0.3, 0.4) is 0 Å². The quantitative estimate of drug-likeness (QED) is 0.611. The van der Waals surface area contributed by atoms with E-state index in [2.05, 4.69) is 75.0 Å². The topological polar surface area (TPSA) is 62.5 Å². The van der Waals surface area contributed by atoms with Crippen molar-refractivity contribution in [1.29, 1.82) is 0 Å². The van der Waals surface area contributed by atoms with Gasteiger partial charge in [-0.25, -0.2) is 20.0 Å². The number of aliphatic imine (C=N–C) groups is 2. The Morgan fingerprint density at radius 2 is 1.34 bits per heavy atom. The molecule has 158 valence electrons. The fourth-order valence-corrected chi connectivity index (χ4v) is 3.43. The molecule has 32 heavy (non-hydrogen) atoms. The Balaban J connectivity index is 0.00000289. The van der Waals surface area contributed by atoms with Gasteiger partial charge in [0.25, 0.3) is 0 Å². The van der Waals surface area contributed by atoms with Gasteiger partial charge in [0.2, 0.25) is 0 Å². The van der Waals surface area contributed by atoms with Crippen LogP contribution in [0.2, 0.25) is 0 Å². The van der Waals surface area contributed by atoms with Crippen LogP contribution in [0.25, 0.3) is 0 Å². The number of fused-ring (bicyclic) bond motifs is 1. The zero-order valence-electron chi connectivity index (χ0n) is 20.1. The van der Waals surface area contributed by atoms with Crippen LogP contribution >= 0.6 is 0 Å². The summed E-state index contributed by atoms with van der Waals surface area (Å²) in [5.74, 6) is 2.84. The first-order chi connectivity index (χ1) is 14.6. The van der Waals surface area contributed by atoms with E-state index in [4.69, 9.17) is 9.98 Å². The van der Waals surface area contributed by atoms with Crippen molar-refractivity contribution in [3.05, 3.63) is 83.2 Å². The standard InChI is InChI=1S/C26H29N5.K/c1-25(2,3)17-11-13-27-21(15-17)29-23-19-9-7-8-10-20(19)24(31-23)30-22-16-18(12-14-28-22)26(4,5)6;/h7-16H,1-6H3,(H,27,28,29,30,31);/q;+1. The van der Waals surface area contributed by atoms with Crippen LogP contribution in [0, 0.1) is 0 Å². The van der Waals surface area contributed by atoms with Gasteiger partial charge in [0, 0.05) is 23.5 Å². The largest absolute Gasteiger partial charge is 1.00 e. The molecule has 1 aliphatic rings. The zero-order chi connectivity index (χ0) is 22.2. The van der Waals surface area contributed by atoms with Gasteiger partial charge < -0.3 is 5.32 Å². The molecular weight excluding hydrogens is 421 g/mol. The third kappa shape index (κ3) is 5.61. The van der Waals surface area contributed by atoms with Gasteiger partial charge in [-0.2, -0.15) is 0 Å². The van der Waals surface area contributed by atoms with Gasteiger partial charge in [-0.3, -0.25) is 0 Å². The smallest absolute Gasteiger partial charge is 0.324 e. The molecule has 0 saturated carbocycles. The van der Waals surface area contributed by atoms with Crippen LogP contribution in [0.5, 0.6) is 0 Å². The molecule has 1 aliphatic heterocycles. The fraction of sp³-hybridized carbons (Fsp3) is 0.308. The maximum Gasteiger partial charge on any atom is 1.00 e. The van der Waals surface area contributed by atoms with Gasteiger partial charge in [0.15, 0.2) is 11.7 Å². The number of nitrogens with one attached hydrogen (secondary N) is 1. The van der Waals surface area contributed by atoms with Crippen LogP contribution < -0.4 is 56.7 Å². The predicted octanol–water partition coefficient (Wildman–Crippen LogP) is 3.03. The van der Waals surface area contributed by atoms with E-state index >= 15 is 0 Å². The third-order valence-electron chi connectivity index (χ3n) is 5.35. The van der Waals surface area contributed by atoms with E-state index in [-0.39, 0.29) is 62.2 Å². The van der Waals surface area contributed by atoms with E-state index in [0.29, 0.717) is 11.7 Å². The van der Waals surface area contributed by atoms with Gasteiger partial charge >= 0.3 is 51.4 Å². The molecule has 0 radical (unpaired) electrons. The average Bonchev–Trinajstić information content (AvgIpc) is 3.05. The van der Waals surface area contributed by atoms with Crippen molar-refractivity contribution in [2.75, 3.05) is 5.32 Å². The van der Waals surface area contributed by atoms with Crippen molar-refractivity contribution in [2.24, 2.45) is 9.98 Å². The van der Waals surface area contributed by atoms with Crippen molar-refractivity contribution in [3.8, 4) is 0 Å². The second-order valence-electron chi connectivity index (χ2n) is 9.90. The number of hydrogen-bond donors (Lipinski definition) is 1. The molecule has 3 aromatic rings. The van der Waals surface area contributed by atoms with E-state index in [1.165, 1.54) is 11.1 Å². The summed E-state index contributed by atoms with van der Waals surface area (Å²) in [4.78, 5) is 18.5. The summed E-state index contributed by atoms with van der Waals surface area (Å²) >= 11 is 0. The molecule has 2 aromatic heterocycles. The Morgan fingerprint density at radius 3 is 2.00 bits per heavy atom. The number of amidine groups is 2. The Bertz CT molecular complexity index is 1180. The number of aromatic nitrogens is 2. The molecule has 3 heterocycles. The summed E-state index contributed by atoms with van der Waals surface area (Å²) in [5.41, 5.74) is 4.49. The second kappa shape index (κ2) is 9.65. The molecule has 0 spiro atoms. The van der Waals surface area contributed by atoms with Crippen LogP contribution in [0.4, 0.5) is 11.6 Å². The molecule has 0 fully saturated rings. The summed E-state index contributed by atoms with van der Waals surface area (Å²) in [6.45, 7) is 13.1. The van der Waals surface area contributed by atoms with Crippen molar-refractivity contribution in [2.45, 2.75) is 52.4 Å². The molecule has 1 aromatic carbocycles. The second-order valence-corrected chi connectivity index (χ2v) is 9.90. The molecule has 6 heteroatoms. The predicted molar refractivity (Wildman–Crippen MR) is 129 cm³/mol. The zero-order valence-corrected chi connectivity index (χ0v) is 23.2. The Morgan fingerprint density at radius 1 is 0.750 bits per heavy atom. The van der Waals surface area contributed by atoms with E-state index in [1.807, 2.05) is 42.7 Å². The fourth-order valence-electron chi connectivity index (χ4n) is 3.43. The van der Waals surface area contributed by atoms with Crippen LogP contribution in [-0.2, 0) is 10.8 Å². The van der Waals surface area contributed by atoms with E-state index < -0.39 is 0 Å². The minimum atomic E-state index is 0. The first-order valence-corrected chi connectivity index (χ1v) is 10.6. The summed E-state index contributed by atoms with van der Waals surface area (Å²) in [5, 5.41) is 3.40. The van der Waals surface area contributed by atoms with Crippen molar-refractivity contribution >= 4 is 23.3 Å². The van der Waals surface area contributed by atoms with Gasteiger partial charge in [0.05, 0.1) is 0 Å². The Labute approximate surface area is 233 Å². The number of benzene rings is 1. The average molecular weight is 451 g/mol.